The van der Waals surface area contributed by atoms with Gasteiger partial charge in [0.05, 0.1) is 7.11 Å². The topological polar surface area (TPSA) is 34.2 Å². The van der Waals surface area contributed by atoms with Crippen LogP contribution in [-0.4, -0.2) is 25.7 Å². The average molecular weight is 206 g/mol. The van der Waals surface area contributed by atoms with Gasteiger partial charge >= 0.3 is 0 Å². The second-order valence-corrected chi connectivity index (χ2v) is 3.39. The number of rotatable bonds is 5. The minimum atomic E-state index is 0.697. The van der Waals surface area contributed by atoms with Gasteiger partial charge in [0.1, 0.15) is 0 Å². The molecule has 15 heavy (non-hydrogen) atoms. The predicted octanol–water partition coefficient (Wildman–Crippen LogP) is 2.02. The maximum Gasteiger partial charge on any atom is 0.215 e. The number of pyridine rings is 1. The van der Waals surface area contributed by atoms with Crippen molar-refractivity contribution in [1.82, 2.24) is 10.3 Å². The van der Waals surface area contributed by atoms with Crippen molar-refractivity contribution in [3.63, 3.8) is 0 Å². The lowest BCUT2D eigenvalue weighted by Crippen LogP contribution is -2.05. The second kappa shape index (κ2) is 6.19. The van der Waals surface area contributed by atoms with Crippen molar-refractivity contribution >= 4 is 6.08 Å². The van der Waals surface area contributed by atoms with Crippen molar-refractivity contribution in [3.8, 4) is 5.88 Å². The molecule has 1 rings (SSSR count). The average Bonchev–Trinajstić information content (AvgIpc) is 2.25. The first-order valence-electron chi connectivity index (χ1n) is 5.09. The van der Waals surface area contributed by atoms with Crippen molar-refractivity contribution in [2.24, 2.45) is 0 Å². The van der Waals surface area contributed by atoms with Crippen LogP contribution in [0.2, 0.25) is 0 Å². The van der Waals surface area contributed by atoms with Gasteiger partial charge in [0.15, 0.2) is 0 Å². The molecular weight excluding hydrogens is 188 g/mol. The zero-order valence-corrected chi connectivity index (χ0v) is 9.58. The Balaban J connectivity index is 2.63. The molecule has 1 aromatic heterocycles. The lowest BCUT2D eigenvalue weighted by molar-refractivity contribution is 0.394. The zero-order chi connectivity index (χ0) is 11.1. The summed E-state index contributed by atoms with van der Waals surface area (Å²) in [5, 5.41) is 3.10. The Morgan fingerprint density at radius 1 is 1.53 bits per heavy atom. The van der Waals surface area contributed by atoms with Crippen LogP contribution in [0.3, 0.4) is 0 Å². The fourth-order valence-corrected chi connectivity index (χ4v) is 1.34. The highest BCUT2D eigenvalue weighted by Crippen LogP contribution is 2.15. The molecule has 0 aliphatic heterocycles. The molecular formula is C12H18N2O. The molecule has 0 fully saturated rings. The van der Waals surface area contributed by atoms with Crippen LogP contribution in [0, 0.1) is 6.92 Å². The van der Waals surface area contributed by atoms with Gasteiger partial charge in [-0.1, -0.05) is 12.2 Å². The largest absolute Gasteiger partial charge is 0.481 e. The smallest absolute Gasteiger partial charge is 0.215 e. The van der Waals surface area contributed by atoms with Crippen LogP contribution < -0.4 is 10.1 Å². The maximum absolute atomic E-state index is 5.10. The third kappa shape index (κ3) is 3.72. The van der Waals surface area contributed by atoms with Gasteiger partial charge < -0.3 is 10.1 Å². The van der Waals surface area contributed by atoms with Crippen LogP contribution in [0.5, 0.6) is 5.88 Å². The number of aryl methyl sites for hydroxylation is 1. The van der Waals surface area contributed by atoms with Gasteiger partial charge in [-0.3, -0.25) is 0 Å². The summed E-state index contributed by atoms with van der Waals surface area (Å²) in [6.07, 6.45) is 7.07. The number of nitrogens with one attached hydrogen (secondary N) is 1. The number of methoxy groups -OCH3 is 1. The second-order valence-electron chi connectivity index (χ2n) is 3.39. The van der Waals surface area contributed by atoms with Gasteiger partial charge in [0, 0.05) is 11.8 Å². The standard InChI is InChI=1S/C12H18N2O/c1-10-8-11(6-4-5-7-13-2)9-14-12(10)15-3/h4,6,8-9,13H,5,7H2,1-3H3. The molecule has 0 saturated heterocycles. The molecule has 0 radical (unpaired) electrons. The summed E-state index contributed by atoms with van der Waals surface area (Å²) in [7, 11) is 3.59. The highest BCUT2D eigenvalue weighted by Gasteiger charge is 1.98. The van der Waals surface area contributed by atoms with E-state index in [9.17, 15) is 0 Å². The number of hydrogen-bond donors (Lipinski definition) is 1. The number of nitrogens with zero attached hydrogens (tertiary/aromatic N) is 1. The summed E-state index contributed by atoms with van der Waals surface area (Å²) in [4.78, 5) is 4.21. The van der Waals surface area contributed by atoms with E-state index in [-0.39, 0.29) is 0 Å². The summed E-state index contributed by atoms with van der Waals surface area (Å²) in [6, 6.07) is 2.07. The van der Waals surface area contributed by atoms with E-state index in [1.165, 1.54) is 0 Å². The lowest BCUT2D eigenvalue weighted by Gasteiger charge is -2.03. The molecule has 0 aliphatic rings. The van der Waals surface area contributed by atoms with Crippen LogP contribution in [0.4, 0.5) is 0 Å². The Kier molecular flexibility index (Phi) is 4.84. The van der Waals surface area contributed by atoms with E-state index < -0.39 is 0 Å². The Labute approximate surface area is 91.2 Å². The van der Waals surface area contributed by atoms with Gasteiger partial charge in [-0.15, -0.1) is 0 Å². The molecule has 0 aromatic carbocycles. The van der Waals surface area contributed by atoms with E-state index >= 15 is 0 Å². The molecule has 1 heterocycles. The molecule has 1 N–H and O–H groups in total. The van der Waals surface area contributed by atoms with Crippen molar-refractivity contribution < 1.29 is 4.74 Å². The quantitative estimate of drug-likeness (QED) is 0.748. The van der Waals surface area contributed by atoms with E-state index in [1.807, 2.05) is 20.2 Å². The molecule has 82 valence electrons. The van der Waals surface area contributed by atoms with Gasteiger partial charge in [-0.25, -0.2) is 4.98 Å². The highest BCUT2D eigenvalue weighted by atomic mass is 16.5. The molecule has 1 aromatic rings. The van der Waals surface area contributed by atoms with Crippen LogP contribution in [0.15, 0.2) is 18.3 Å². The number of aromatic nitrogens is 1. The van der Waals surface area contributed by atoms with Gasteiger partial charge in [-0.05, 0) is 38.6 Å². The molecule has 0 amide bonds. The van der Waals surface area contributed by atoms with Gasteiger partial charge in [0.25, 0.3) is 0 Å². The fraction of sp³-hybridized carbons (Fsp3) is 0.417. The molecule has 3 heteroatoms. The van der Waals surface area contributed by atoms with E-state index in [0.29, 0.717) is 5.88 Å². The Morgan fingerprint density at radius 3 is 2.93 bits per heavy atom. The fourth-order valence-electron chi connectivity index (χ4n) is 1.34. The van der Waals surface area contributed by atoms with Crippen LogP contribution in [0.1, 0.15) is 17.5 Å². The highest BCUT2D eigenvalue weighted by molar-refractivity contribution is 5.50. The summed E-state index contributed by atoms with van der Waals surface area (Å²) in [5.41, 5.74) is 2.18. The van der Waals surface area contributed by atoms with Gasteiger partial charge in [0.2, 0.25) is 5.88 Å². The molecule has 0 spiro atoms. The predicted molar refractivity (Wildman–Crippen MR) is 63.1 cm³/mol. The SMILES string of the molecule is CNCCC=Cc1cnc(OC)c(C)c1. The third-order valence-electron chi connectivity index (χ3n) is 2.12. The number of hydrogen-bond acceptors (Lipinski definition) is 3. The van der Waals surface area contributed by atoms with Crippen molar-refractivity contribution in [2.45, 2.75) is 13.3 Å². The molecule has 0 unspecified atom stereocenters. The summed E-state index contributed by atoms with van der Waals surface area (Å²) >= 11 is 0. The Morgan fingerprint density at radius 2 is 2.33 bits per heavy atom. The number of ether oxygens (including phenoxy) is 1. The lowest BCUT2D eigenvalue weighted by atomic mass is 10.2. The van der Waals surface area contributed by atoms with Crippen molar-refractivity contribution in [2.75, 3.05) is 20.7 Å². The van der Waals surface area contributed by atoms with Crippen LogP contribution in [0.25, 0.3) is 6.08 Å². The first-order chi connectivity index (χ1) is 7.27. The van der Waals surface area contributed by atoms with Gasteiger partial charge in [-0.2, -0.15) is 0 Å². The monoisotopic (exact) mass is 206 g/mol. The Hall–Kier alpha value is -1.35. The van der Waals surface area contributed by atoms with E-state index in [1.54, 1.807) is 7.11 Å². The van der Waals surface area contributed by atoms with Crippen molar-refractivity contribution in [3.05, 3.63) is 29.5 Å². The minimum Gasteiger partial charge on any atom is -0.481 e. The normalized spacial score (nSPS) is 10.9. The summed E-state index contributed by atoms with van der Waals surface area (Å²) < 4.78 is 5.10. The third-order valence-corrected chi connectivity index (χ3v) is 2.12. The van der Waals surface area contributed by atoms with Crippen LogP contribution in [-0.2, 0) is 0 Å². The first kappa shape index (κ1) is 11.7. The molecule has 3 nitrogen and oxygen atoms in total. The van der Waals surface area contributed by atoms with E-state index in [0.717, 1.165) is 24.1 Å². The van der Waals surface area contributed by atoms with E-state index in [2.05, 4.69) is 28.5 Å². The molecule has 0 atom stereocenters. The maximum atomic E-state index is 5.10. The van der Waals surface area contributed by atoms with E-state index in [4.69, 9.17) is 4.74 Å². The Bertz CT molecular complexity index is 334. The molecule has 0 bridgehead atoms. The molecule has 0 saturated carbocycles. The zero-order valence-electron chi connectivity index (χ0n) is 9.58. The minimum absolute atomic E-state index is 0.697. The molecule has 0 aliphatic carbocycles. The van der Waals surface area contributed by atoms with Crippen LogP contribution >= 0.6 is 0 Å². The first-order valence-corrected chi connectivity index (χ1v) is 5.09. The summed E-state index contributed by atoms with van der Waals surface area (Å²) in [6.45, 7) is 3.00. The summed E-state index contributed by atoms with van der Waals surface area (Å²) in [5.74, 6) is 0.697. The van der Waals surface area contributed by atoms with Crippen molar-refractivity contribution in [1.29, 1.82) is 0 Å².